The van der Waals surface area contributed by atoms with Crippen molar-refractivity contribution in [2.75, 3.05) is 34.5 Å². The minimum atomic E-state index is -1.91. The molecule has 6 fully saturated rings. The molecule has 19 nitrogen and oxygen atoms in total. The van der Waals surface area contributed by atoms with Gasteiger partial charge in [-0.2, -0.15) is 0 Å². The molecule has 0 aromatic rings. The van der Waals surface area contributed by atoms with E-state index >= 15 is 0 Å². The third kappa shape index (κ3) is 8.74. The van der Waals surface area contributed by atoms with E-state index in [4.69, 9.17) is 37.9 Å². The zero-order chi connectivity index (χ0) is 50.1. The fraction of sp³-hybridized carbons (Fsp3) is 0.878. The van der Waals surface area contributed by atoms with Gasteiger partial charge in [0, 0.05) is 0 Å². The molecule has 19 heteroatoms. The lowest BCUT2D eigenvalue weighted by Gasteiger charge is -2.71. The molecule has 4 saturated carbocycles. The Bertz CT molecular complexity index is 1920. The number of hydrogen-bond acceptors (Lipinski definition) is 19. The second-order valence-electron chi connectivity index (χ2n) is 22.7. The maximum absolute atomic E-state index is 14.7. The Balaban J connectivity index is 1.13. The molecule has 19 atom stereocenters. The highest BCUT2D eigenvalue weighted by Crippen LogP contribution is 2.76. The highest BCUT2D eigenvalue weighted by atomic mass is 16.8. The van der Waals surface area contributed by atoms with Gasteiger partial charge >= 0.3 is 23.9 Å². The zero-order valence-corrected chi connectivity index (χ0v) is 41.2. The van der Waals surface area contributed by atoms with Crippen molar-refractivity contribution in [3.8, 4) is 0 Å². The number of aliphatic hydroxyl groups is 6. The number of carbonyl (C=O) groups excluding carboxylic acids is 4. The summed E-state index contributed by atoms with van der Waals surface area (Å²) in [5, 5.41) is 64.6. The molecule has 6 N–H and O–H groups in total. The molecule has 5 aliphatic carbocycles. The topological polar surface area (TPSA) is 273 Å². The van der Waals surface area contributed by atoms with Gasteiger partial charge in [-0.15, -0.1) is 0 Å². The fourth-order valence-electron chi connectivity index (χ4n) is 14.4. The van der Waals surface area contributed by atoms with E-state index in [-0.39, 0.29) is 39.4 Å². The first kappa shape index (κ1) is 53.0. The van der Waals surface area contributed by atoms with Crippen LogP contribution in [0.25, 0.3) is 0 Å². The van der Waals surface area contributed by atoms with Crippen molar-refractivity contribution < 1.29 is 92.4 Å². The third-order valence-electron chi connectivity index (χ3n) is 18.6. The van der Waals surface area contributed by atoms with Gasteiger partial charge in [-0.3, -0.25) is 4.79 Å². The Morgan fingerprint density at radius 3 is 2.09 bits per heavy atom. The lowest BCUT2D eigenvalue weighted by Crippen LogP contribution is -2.66. The van der Waals surface area contributed by atoms with Crippen LogP contribution in [0.1, 0.15) is 113 Å². The molecule has 0 unspecified atom stereocenters. The summed E-state index contributed by atoms with van der Waals surface area (Å²) in [6, 6.07) is 0. The van der Waals surface area contributed by atoms with Gasteiger partial charge in [-0.05, 0) is 109 Å². The molecule has 0 spiro atoms. The average molecular weight is 969 g/mol. The summed E-state index contributed by atoms with van der Waals surface area (Å²) in [7, 11) is 3.29. The van der Waals surface area contributed by atoms with Gasteiger partial charge < -0.3 is 73.3 Å². The largest absolute Gasteiger partial charge is 0.467 e. The number of carbonyl (C=O) groups is 4. The van der Waals surface area contributed by atoms with Gasteiger partial charge in [0.15, 0.2) is 12.4 Å². The summed E-state index contributed by atoms with van der Waals surface area (Å²) in [4.78, 5) is 52.2. The predicted molar refractivity (Wildman–Crippen MR) is 235 cm³/mol. The van der Waals surface area contributed by atoms with E-state index in [1.807, 2.05) is 0 Å². The SMILES string of the molecule is COC(=O)CO[C@H](O[C@@H]1[C@@H](O)[C@H](O[C@H]2CC[C@]3(C)[C@H]4CC=C5[C@@H]6CC(C)(C)CC[C@]6(C(=O)O[C@@H]6O[C@H](CO)[C@@H](O)[C@H](O)[C@H]6O)CC[C@@]5(C)[C@]4(C)CC[C@H]3C2(C)C)O[C@H](C(=O)OC)[C@H]1O)C(=O)OC. The second-order valence-corrected chi connectivity index (χ2v) is 22.7. The monoisotopic (exact) mass is 968 g/mol. The van der Waals surface area contributed by atoms with Crippen molar-refractivity contribution >= 4 is 23.9 Å². The Kier molecular flexibility index (Phi) is 15.0. The molecule has 386 valence electrons. The standard InChI is InChI=1S/C49H76O19/c1-44(2)17-19-49(43(59)68-40-33(54)32(53)31(52)26(22-50)64-40)20-18-47(6)24(25(49)21-44)11-12-28-46(5)15-14-29(45(3,4)27(46)13-16-48(28,47)7)65-41-35(56)36(34(55)37(67-41)38(57)61-9)66-42(39(58)62-10)63-23-30(51)60-8/h11,25-29,31-37,40-42,50,52-56H,12-23H2,1-10H3/t25-,26+,27-,28+,29-,31+,32-,33+,34-,35+,36-,37-,40-,41+,42+,46-,47+,48+,49-/m0/s1. The quantitative estimate of drug-likeness (QED) is 0.0538. The number of allylic oxidation sites excluding steroid dienone is 2. The molecule has 7 rings (SSSR count). The molecule has 0 amide bonds. The van der Waals surface area contributed by atoms with Gasteiger partial charge in [-0.1, -0.05) is 60.1 Å². The van der Waals surface area contributed by atoms with Crippen molar-refractivity contribution in [1.29, 1.82) is 0 Å². The number of aliphatic hydroxyl groups excluding tert-OH is 6. The van der Waals surface area contributed by atoms with Gasteiger partial charge in [-0.25, -0.2) is 14.4 Å². The van der Waals surface area contributed by atoms with Crippen molar-refractivity contribution in [2.45, 2.75) is 186 Å². The molecule has 0 aromatic heterocycles. The van der Waals surface area contributed by atoms with Crippen LogP contribution in [-0.4, -0.2) is 163 Å². The Labute approximate surface area is 398 Å². The predicted octanol–water partition coefficient (Wildman–Crippen LogP) is 2.21. The summed E-state index contributed by atoms with van der Waals surface area (Å²) in [5.41, 5.74) is -0.868. The zero-order valence-electron chi connectivity index (χ0n) is 41.2. The van der Waals surface area contributed by atoms with Crippen LogP contribution in [-0.2, 0) is 61.8 Å². The van der Waals surface area contributed by atoms with Crippen LogP contribution in [0.15, 0.2) is 11.6 Å². The summed E-state index contributed by atoms with van der Waals surface area (Å²) >= 11 is 0. The number of rotatable bonds is 12. The molecular formula is C49H76O19. The Morgan fingerprint density at radius 2 is 1.44 bits per heavy atom. The van der Waals surface area contributed by atoms with Gasteiger partial charge in [0.2, 0.25) is 6.29 Å². The van der Waals surface area contributed by atoms with Crippen molar-refractivity contribution in [2.24, 2.45) is 50.2 Å². The average Bonchev–Trinajstić information content (AvgIpc) is 3.29. The van der Waals surface area contributed by atoms with Gasteiger partial charge in [0.05, 0.1) is 39.5 Å². The molecule has 0 aromatic carbocycles. The Hall–Kier alpha value is -2.82. The first-order chi connectivity index (χ1) is 31.8. The lowest BCUT2D eigenvalue weighted by atomic mass is 9.33. The second kappa shape index (κ2) is 19.3. The molecule has 7 aliphatic rings. The number of esters is 4. The van der Waals surface area contributed by atoms with Crippen LogP contribution < -0.4 is 0 Å². The normalized spacial score (nSPS) is 45.4. The first-order valence-corrected chi connectivity index (χ1v) is 24.2. The molecule has 2 aliphatic heterocycles. The fourth-order valence-corrected chi connectivity index (χ4v) is 14.4. The van der Waals surface area contributed by atoms with Crippen molar-refractivity contribution in [1.82, 2.24) is 0 Å². The molecule has 2 heterocycles. The number of methoxy groups -OCH3 is 3. The molecule has 68 heavy (non-hydrogen) atoms. The maximum Gasteiger partial charge on any atom is 0.363 e. The van der Waals surface area contributed by atoms with E-state index in [1.165, 1.54) is 5.57 Å². The number of fused-ring (bicyclic) bond motifs is 7. The van der Waals surface area contributed by atoms with E-state index in [2.05, 4.69) is 59.3 Å². The van der Waals surface area contributed by atoms with Gasteiger partial charge in [0.25, 0.3) is 6.29 Å². The van der Waals surface area contributed by atoms with E-state index in [0.717, 1.165) is 66.3 Å². The van der Waals surface area contributed by atoms with E-state index in [1.54, 1.807) is 0 Å². The summed E-state index contributed by atoms with van der Waals surface area (Å²) < 4.78 is 49.6. The first-order valence-electron chi connectivity index (χ1n) is 24.2. The van der Waals surface area contributed by atoms with Crippen LogP contribution in [0.5, 0.6) is 0 Å². The van der Waals surface area contributed by atoms with Crippen LogP contribution in [0.3, 0.4) is 0 Å². The maximum atomic E-state index is 14.7. The van der Waals surface area contributed by atoms with Gasteiger partial charge in [0.1, 0.15) is 49.3 Å². The van der Waals surface area contributed by atoms with E-state index < -0.39 is 122 Å². The molecule has 0 radical (unpaired) electrons. The van der Waals surface area contributed by atoms with Crippen LogP contribution >= 0.6 is 0 Å². The summed E-state index contributed by atoms with van der Waals surface area (Å²) in [5.74, 6) is -3.18. The summed E-state index contributed by atoms with van der Waals surface area (Å²) in [6.07, 6.45) is -9.02. The van der Waals surface area contributed by atoms with E-state index in [9.17, 15) is 49.8 Å². The minimum Gasteiger partial charge on any atom is -0.467 e. The van der Waals surface area contributed by atoms with Crippen molar-refractivity contribution in [3.05, 3.63) is 11.6 Å². The van der Waals surface area contributed by atoms with Crippen molar-refractivity contribution in [3.63, 3.8) is 0 Å². The molecule has 0 bridgehead atoms. The van der Waals surface area contributed by atoms with Crippen LogP contribution in [0, 0.1) is 50.2 Å². The van der Waals surface area contributed by atoms with Crippen LogP contribution in [0.2, 0.25) is 0 Å². The number of ether oxygens (including phenoxy) is 9. The highest BCUT2D eigenvalue weighted by molar-refractivity contribution is 5.79. The number of hydrogen-bond donors (Lipinski definition) is 6. The Morgan fingerprint density at radius 1 is 0.750 bits per heavy atom. The van der Waals surface area contributed by atoms with E-state index in [0.29, 0.717) is 19.3 Å². The van der Waals surface area contributed by atoms with Crippen LogP contribution in [0.4, 0.5) is 0 Å². The lowest BCUT2D eigenvalue weighted by molar-refractivity contribution is -0.340. The third-order valence-corrected chi connectivity index (χ3v) is 18.6. The molecule has 2 saturated heterocycles. The smallest absolute Gasteiger partial charge is 0.363 e. The highest BCUT2D eigenvalue weighted by Gasteiger charge is 2.70. The minimum absolute atomic E-state index is 0.0709. The summed E-state index contributed by atoms with van der Waals surface area (Å²) in [6.45, 7) is 14.6. The molecular weight excluding hydrogens is 893 g/mol.